The summed E-state index contributed by atoms with van der Waals surface area (Å²) in [4.78, 5) is 4.66. The first kappa shape index (κ1) is 13.8. The van der Waals surface area contributed by atoms with Crippen molar-refractivity contribution in [3.8, 4) is 0 Å². The Kier molecular flexibility index (Phi) is 4.00. The maximum atomic E-state index is 5.74. The Morgan fingerprint density at radius 3 is 1.90 bits per heavy atom. The van der Waals surface area contributed by atoms with E-state index in [4.69, 9.17) is 5.73 Å². The van der Waals surface area contributed by atoms with Crippen molar-refractivity contribution in [2.75, 3.05) is 35.7 Å². The van der Waals surface area contributed by atoms with Crippen LogP contribution in [0.1, 0.15) is 19.3 Å². The quantitative estimate of drug-likeness (QED) is 0.862. The molecular formula is C18H23N3. The summed E-state index contributed by atoms with van der Waals surface area (Å²) in [5, 5.41) is 0. The summed E-state index contributed by atoms with van der Waals surface area (Å²) in [6.45, 7) is 2.38. The van der Waals surface area contributed by atoms with Crippen LogP contribution in [0.15, 0.2) is 48.5 Å². The van der Waals surface area contributed by atoms with Crippen molar-refractivity contribution in [1.29, 1.82) is 0 Å². The van der Waals surface area contributed by atoms with E-state index in [1.54, 1.807) is 0 Å². The van der Waals surface area contributed by atoms with Crippen molar-refractivity contribution in [2.45, 2.75) is 19.3 Å². The second kappa shape index (κ2) is 6.08. The summed E-state index contributed by atoms with van der Waals surface area (Å²) >= 11 is 0. The molecule has 0 aromatic heterocycles. The second-order valence-electron chi connectivity index (χ2n) is 5.71. The van der Waals surface area contributed by atoms with Crippen molar-refractivity contribution in [2.24, 2.45) is 0 Å². The zero-order chi connectivity index (χ0) is 14.7. The van der Waals surface area contributed by atoms with Gasteiger partial charge in [0.25, 0.3) is 0 Å². The molecule has 2 aromatic carbocycles. The van der Waals surface area contributed by atoms with Gasteiger partial charge in [-0.1, -0.05) is 0 Å². The molecule has 0 unspecified atom stereocenters. The number of rotatable bonds is 3. The van der Waals surface area contributed by atoms with Crippen molar-refractivity contribution in [3.05, 3.63) is 48.5 Å². The molecule has 0 bridgehead atoms. The van der Waals surface area contributed by atoms with E-state index in [2.05, 4.69) is 41.1 Å². The Balaban J connectivity index is 1.75. The van der Waals surface area contributed by atoms with Crippen molar-refractivity contribution >= 4 is 22.7 Å². The summed E-state index contributed by atoms with van der Waals surface area (Å²) < 4.78 is 0. The van der Waals surface area contributed by atoms with Gasteiger partial charge in [0.15, 0.2) is 0 Å². The van der Waals surface area contributed by atoms with Gasteiger partial charge in [-0.25, -0.2) is 0 Å². The topological polar surface area (TPSA) is 32.5 Å². The van der Waals surface area contributed by atoms with Gasteiger partial charge in [-0.2, -0.15) is 0 Å². The number of nitrogens with zero attached hydrogens (tertiary/aromatic N) is 2. The number of benzene rings is 2. The van der Waals surface area contributed by atoms with Crippen LogP contribution < -0.4 is 15.5 Å². The maximum Gasteiger partial charge on any atom is 0.0409 e. The molecular weight excluding hydrogens is 258 g/mol. The van der Waals surface area contributed by atoms with E-state index in [0.717, 1.165) is 11.4 Å². The maximum absolute atomic E-state index is 5.74. The van der Waals surface area contributed by atoms with Gasteiger partial charge in [-0.15, -0.1) is 0 Å². The van der Waals surface area contributed by atoms with E-state index in [1.165, 1.54) is 43.7 Å². The fourth-order valence-corrected chi connectivity index (χ4v) is 2.89. The predicted molar refractivity (Wildman–Crippen MR) is 91.4 cm³/mol. The van der Waals surface area contributed by atoms with Gasteiger partial charge >= 0.3 is 0 Å². The number of nitrogen functional groups attached to an aromatic ring is 1. The Labute approximate surface area is 127 Å². The van der Waals surface area contributed by atoms with Crippen LogP contribution in [0.4, 0.5) is 22.7 Å². The highest BCUT2D eigenvalue weighted by Gasteiger charge is 2.11. The van der Waals surface area contributed by atoms with Gasteiger partial charge in [0.1, 0.15) is 0 Å². The lowest BCUT2D eigenvalue weighted by atomic mass is 10.1. The average Bonchev–Trinajstić information content (AvgIpc) is 2.56. The third kappa shape index (κ3) is 3.13. The molecule has 1 heterocycles. The van der Waals surface area contributed by atoms with Crippen LogP contribution in [0.2, 0.25) is 0 Å². The predicted octanol–water partition coefficient (Wildman–Crippen LogP) is 4.03. The fraction of sp³-hybridized carbons (Fsp3) is 0.333. The first-order valence-corrected chi connectivity index (χ1v) is 7.68. The lowest BCUT2D eigenvalue weighted by Crippen LogP contribution is -2.29. The van der Waals surface area contributed by atoms with Gasteiger partial charge in [-0.3, -0.25) is 0 Å². The van der Waals surface area contributed by atoms with Crippen LogP contribution in [0.3, 0.4) is 0 Å². The second-order valence-corrected chi connectivity index (χ2v) is 5.71. The molecule has 2 aromatic rings. The molecule has 1 aliphatic heterocycles. The monoisotopic (exact) mass is 281 g/mol. The Bertz CT molecular complexity index is 568. The largest absolute Gasteiger partial charge is 0.399 e. The molecule has 110 valence electrons. The van der Waals surface area contributed by atoms with E-state index in [9.17, 15) is 0 Å². The van der Waals surface area contributed by atoms with Crippen LogP contribution in [-0.4, -0.2) is 20.1 Å². The molecule has 21 heavy (non-hydrogen) atoms. The fourth-order valence-electron chi connectivity index (χ4n) is 2.89. The zero-order valence-electron chi connectivity index (χ0n) is 12.6. The SMILES string of the molecule is CN(c1ccc(N)cc1)c1ccc(N2CCCCC2)cc1. The molecule has 0 atom stereocenters. The number of hydrogen-bond acceptors (Lipinski definition) is 3. The van der Waals surface area contributed by atoms with Crippen molar-refractivity contribution in [1.82, 2.24) is 0 Å². The summed E-state index contributed by atoms with van der Waals surface area (Å²) in [5.74, 6) is 0. The first-order chi connectivity index (χ1) is 10.2. The van der Waals surface area contributed by atoms with Crippen LogP contribution in [0, 0.1) is 0 Å². The van der Waals surface area contributed by atoms with Gasteiger partial charge in [0.2, 0.25) is 0 Å². The lowest BCUT2D eigenvalue weighted by Gasteiger charge is -2.29. The van der Waals surface area contributed by atoms with Crippen molar-refractivity contribution in [3.63, 3.8) is 0 Å². The van der Waals surface area contributed by atoms with Gasteiger partial charge in [-0.05, 0) is 67.8 Å². The standard InChI is InChI=1S/C18H23N3/c1-20(16-7-5-15(19)6-8-16)17-9-11-18(12-10-17)21-13-3-2-4-14-21/h5-12H,2-4,13-14,19H2,1H3. The van der Waals surface area contributed by atoms with E-state index >= 15 is 0 Å². The van der Waals surface area contributed by atoms with E-state index in [0.29, 0.717) is 0 Å². The molecule has 0 amide bonds. The Morgan fingerprint density at radius 1 is 0.810 bits per heavy atom. The molecule has 3 heteroatoms. The van der Waals surface area contributed by atoms with E-state index in [-0.39, 0.29) is 0 Å². The van der Waals surface area contributed by atoms with E-state index < -0.39 is 0 Å². The molecule has 0 radical (unpaired) electrons. The highest BCUT2D eigenvalue weighted by Crippen LogP contribution is 2.27. The summed E-state index contributed by atoms with van der Waals surface area (Å²) in [7, 11) is 2.08. The summed E-state index contributed by atoms with van der Waals surface area (Å²) in [6, 6.07) is 16.8. The first-order valence-electron chi connectivity index (χ1n) is 7.68. The highest BCUT2D eigenvalue weighted by molar-refractivity contribution is 5.66. The highest BCUT2D eigenvalue weighted by atomic mass is 15.1. The molecule has 3 rings (SSSR count). The molecule has 1 aliphatic rings. The lowest BCUT2D eigenvalue weighted by molar-refractivity contribution is 0.578. The number of anilines is 4. The normalized spacial score (nSPS) is 15.0. The third-order valence-corrected chi connectivity index (χ3v) is 4.24. The number of nitrogens with two attached hydrogens (primary N) is 1. The van der Waals surface area contributed by atoms with Crippen molar-refractivity contribution < 1.29 is 0 Å². The number of piperidine rings is 1. The van der Waals surface area contributed by atoms with E-state index in [1.807, 2.05) is 24.3 Å². The van der Waals surface area contributed by atoms with Gasteiger partial charge in [0, 0.05) is 42.9 Å². The Morgan fingerprint density at radius 2 is 1.33 bits per heavy atom. The molecule has 1 saturated heterocycles. The molecule has 0 saturated carbocycles. The van der Waals surface area contributed by atoms with Crippen LogP contribution >= 0.6 is 0 Å². The minimum atomic E-state index is 0.799. The molecule has 3 nitrogen and oxygen atoms in total. The number of hydrogen-bond donors (Lipinski definition) is 1. The zero-order valence-corrected chi connectivity index (χ0v) is 12.6. The van der Waals surface area contributed by atoms with Gasteiger partial charge in [0.05, 0.1) is 0 Å². The third-order valence-electron chi connectivity index (χ3n) is 4.24. The summed E-state index contributed by atoms with van der Waals surface area (Å²) in [6.07, 6.45) is 3.99. The minimum Gasteiger partial charge on any atom is -0.399 e. The average molecular weight is 281 g/mol. The van der Waals surface area contributed by atoms with Crippen LogP contribution in [0.25, 0.3) is 0 Å². The van der Waals surface area contributed by atoms with Gasteiger partial charge < -0.3 is 15.5 Å². The molecule has 2 N–H and O–H groups in total. The molecule has 0 spiro atoms. The molecule has 1 fully saturated rings. The Hall–Kier alpha value is -2.16. The smallest absolute Gasteiger partial charge is 0.0409 e. The van der Waals surface area contributed by atoms with Crippen LogP contribution in [-0.2, 0) is 0 Å². The minimum absolute atomic E-state index is 0.799. The summed E-state index contributed by atoms with van der Waals surface area (Å²) in [5.41, 5.74) is 10.2. The van der Waals surface area contributed by atoms with Crippen LogP contribution in [0.5, 0.6) is 0 Å². The molecule has 0 aliphatic carbocycles.